The fourth-order valence-corrected chi connectivity index (χ4v) is 2.44. The zero-order valence-corrected chi connectivity index (χ0v) is 13.0. The topological polar surface area (TPSA) is 55.6 Å². The predicted molar refractivity (Wildman–Crippen MR) is 91.0 cm³/mol. The second kappa shape index (κ2) is 6.36. The Balaban J connectivity index is 1.74. The summed E-state index contributed by atoms with van der Waals surface area (Å²) < 4.78 is 7.02. The van der Waals surface area contributed by atoms with Gasteiger partial charge in [-0.3, -0.25) is 4.79 Å². The summed E-state index contributed by atoms with van der Waals surface area (Å²) in [6.07, 6.45) is 3.41. The molecule has 1 heterocycles. The van der Waals surface area contributed by atoms with Crippen LogP contribution < -0.4 is 10.2 Å². The molecule has 5 nitrogen and oxygen atoms in total. The normalized spacial score (nSPS) is 11.0. The number of hydrazone groups is 1. The number of ether oxygens (including phenoxy) is 1. The molecule has 23 heavy (non-hydrogen) atoms. The monoisotopic (exact) mass is 307 g/mol. The summed E-state index contributed by atoms with van der Waals surface area (Å²) in [6, 6.07) is 15.2. The molecule has 0 spiro atoms. The van der Waals surface area contributed by atoms with Crippen LogP contribution in [0.4, 0.5) is 0 Å². The first-order chi connectivity index (χ1) is 11.2. The van der Waals surface area contributed by atoms with Gasteiger partial charge in [-0.1, -0.05) is 18.2 Å². The van der Waals surface area contributed by atoms with Crippen molar-refractivity contribution in [2.45, 2.75) is 0 Å². The number of aryl methyl sites for hydroxylation is 1. The largest absolute Gasteiger partial charge is 0.497 e. The fourth-order valence-electron chi connectivity index (χ4n) is 2.44. The minimum Gasteiger partial charge on any atom is -0.497 e. The predicted octanol–water partition coefficient (Wildman–Crippen LogP) is 2.95. The summed E-state index contributed by atoms with van der Waals surface area (Å²) in [5.41, 5.74) is 5.06. The van der Waals surface area contributed by atoms with E-state index in [0.717, 1.165) is 22.2 Å². The summed E-state index contributed by atoms with van der Waals surface area (Å²) >= 11 is 0. The highest BCUT2D eigenvalue weighted by Crippen LogP contribution is 2.20. The molecule has 1 amide bonds. The molecule has 1 N–H and O–H groups in total. The maximum absolute atomic E-state index is 12.3. The average molecular weight is 307 g/mol. The lowest BCUT2D eigenvalue weighted by atomic mass is 10.2. The van der Waals surface area contributed by atoms with Gasteiger partial charge in [0.2, 0.25) is 0 Å². The molecule has 3 aromatic rings. The van der Waals surface area contributed by atoms with E-state index < -0.39 is 0 Å². The third kappa shape index (κ3) is 3.08. The second-order valence-electron chi connectivity index (χ2n) is 5.14. The van der Waals surface area contributed by atoms with Gasteiger partial charge in [-0.2, -0.15) is 5.10 Å². The number of methoxy groups -OCH3 is 1. The zero-order chi connectivity index (χ0) is 16.2. The number of hydrogen-bond donors (Lipinski definition) is 1. The molecule has 0 saturated heterocycles. The Morgan fingerprint density at radius 2 is 1.91 bits per heavy atom. The van der Waals surface area contributed by atoms with Crippen molar-refractivity contribution in [3.05, 3.63) is 65.9 Å². The highest BCUT2D eigenvalue weighted by atomic mass is 16.5. The molecule has 0 bridgehead atoms. The Bertz CT molecular complexity index is 864. The number of fused-ring (bicyclic) bond motifs is 1. The number of carbonyl (C=O) groups is 1. The highest BCUT2D eigenvalue weighted by molar-refractivity contribution is 6.07. The first-order valence-corrected chi connectivity index (χ1v) is 7.20. The minimum atomic E-state index is -0.230. The number of rotatable bonds is 4. The van der Waals surface area contributed by atoms with Gasteiger partial charge in [-0.25, -0.2) is 5.43 Å². The van der Waals surface area contributed by atoms with Crippen molar-refractivity contribution >= 4 is 23.0 Å². The fraction of sp³-hybridized carbons (Fsp3) is 0.111. The van der Waals surface area contributed by atoms with E-state index in [0.29, 0.717) is 5.56 Å². The van der Waals surface area contributed by atoms with Crippen LogP contribution >= 0.6 is 0 Å². The van der Waals surface area contributed by atoms with Crippen molar-refractivity contribution in [2.75, 3.05) is 7.11 Å². The van der Waals surface area contributed by atoms with Crippen molar-refractivity contribution < 1.29 is 9.53 Å². The lowest BCUT2D eigenvalue weighted by Crippen LogP contribution is -2.17. The van der Waals surface area contributed by atoms with Gasteiger partial charge in [0.05, 0.1) is 18.9 Å². The molecule has 0 fully saturated rings. The zero-order valence-electron chi connectivity index (χ0n) is 13.0. The quantitative estimate of drug-likeness (QED) is 0.595. The molecule has 116 valence electrons. The van der Waals surface area contributed by atoms with Crippen molar-refractivity contribution in [2.24, 2.45) is 12.1 Å². The highest BCUT2D eigenvalue weighted by Gasteiger charge is 2.12. The van der Waals surface area contributed by atoms with Gasteiger partial charge in [0.1, 0.15) is 5.75 Å². The van der Waals surface area contributed by atoms with Crippen LogP contribution in [-0.2, 0) is 7.05 Å². The van der Waals surface area contributed by atoms with Gasteiger partial charge in [-0.15, -0.1) is 0 Å². The van der Waals surface area contributed by atoms with Crippen LogP contribution in [0.15, 0.2) is 59.8 Å². The van der Waals surface area contributed by atoms with E-state index >= 15 is 0 Å². The summed E-state index contributed by atoms with van der Waals surface area (Å²) in [5, 5.41) is 4.92. The number of nitrogens with one attached hydrogen (secondary N) is 1. The standard InChI is InChI=1S/C18H17N3O2/c1-21-12-16(15-5-3-4-6-17(15)21)18(22)20-19-11-13-7-9-14(23-2)10-8-13/h3-12H,1-2H3,(H,20,22)/b19-11+. The van der Waals surface area contributed by atoms with E-state index in [9.17, 15) is 4.79 Å². The molecule has 0 saturated carbocycles. The number of benzene rings is 2. The third-order valence-corrected chi connectivity index (χ3v) is 3.64. The summed E-state index contributed by atoms with van der Waals surface area (Å²) in [7, 11) is 3.53. The van der Waals surface area contributed by atoms with Crippen molar-refractivity contribution in [1.29, 1.82) is 0 Å². The molecule has 0 radical (unpaired) electrons. The smallest absolute Gasteiger partial charge is 0.273 e. The number of carbonyl (C=O) groups excluding carboxylic acids is 1. The Morgan fingerprint density at radius 3 is 2.65 bits per heavy atom. The molecule has 0 unspecified atom stereocenters. The Labute approximate surface area is 134 Å². The number of nitrogens with zero attached hydrogens (tertiary/aromatic N) is 2. The molecule has 1 aromatic heterocycles. The first-order valence-electron chi connectivity index (χ1n) is 7.20. The second-order valence-corrected chi connectivity index (χ2v) is 5.14. The van der Waals surface area contributed by atoms with E-state index in [4.69, 9.17) is 4.74 Å². The summed E-state index contributed by atoms with van der Waals surface area (Å²) in [6.45, 7) is 0. The maximum Gasteiger partial charge on any atom is 0.273 e. The number of hydrogen-bond acceptors (Lipinski definition) is 3. The molecular weight excluding hydrogens is 290 g/mol. The van der Waals surface area contributed by atoms with Crippen LogP contribution in [0.1, 0.15) is 15.9 Å². The van der Waals surface area contributed by atoms with Crippen LogP contribution in [-0.4, -0.2) is 23.8 Å². The van der Waals surface area contributed by atoms with Crippen LogP contribution in [0, 0.1) is 0 Å². The number of para-hydroxylation sites is 1. The summed E-state index contributed by atoms with van der Waals surface area (Å²) in [5.74, 6) is 0.550. The lowest BCUT2D eigenvalue weighted by Gasteiger charge is -2.00. The van der Waals surface area contributed by atoms with Crippen LogP contribution in [0.25, 0.3) is 10.9 Å². The molecule has 5 heteroatoms. The first kappa shape index (κ1) is 14.8. The summed E-state index contributed by atoms with van der Waals surface area (Å²) in [4.78, 5) is 12.3. The molecule has 0 aliphatic heterocycles. The Kier molecular flexibility index (Phi) is 4.10. The van der Waals surface area contributed by atoms with Gasteiger partial charge in [0.15, 0.2) is 0 Å². The van der Waals surface area contributed by atoms with Gasteiger partial charge in [0.25, 0.3) is 5.91 Å². The van der Waals surface area contributed by atoms with E-state index in [1.165, 1.54) is 0 Å². The molecule has 0 aliphatic rings. The van der Waals surface area contributed by atoms with Gasteiger partial charge >= 0.3 is 0 Å². The van der Waals surface area contributed by atoms with Crippen LogP contribution in [0.3, 0.4) is 0 Å². The van der Waals surface area contributed by atoms with Gasteiger partial charge < -0.3 is 9.30 Å². The number of amides is 1. The average Bonchev–Trinajstić information content (AvgIpc) is 2.93. The molecule has 3 rings (SSSR count). The minimum absolute atomic E-state index is 0.230. The van der Waals surface area contributed by atoms with E-state index in [1.54, 1.807) is 13.3 Å². The molecule has 0 aliphatic carbocycles. The van der Waals surface area contributed by atoms with Crippen LogP contribution in [0.2, 0.25) is 0 Å². The number of aromatic nitrogens is 1. The van der Waals surface area contributed by atoms with Crippen molar-refractivity contribution in [3.63, 3.8) is 0 Å². The van der Waals surface area contributed by atoms with Crippen molar-refractivity contribution in [3.8, 4) is 5.75 Å². The lowest BCUT2D eigenvalue weighted by molar-refractivity contribution is 0.0956. The van der Waals surface area contributed by atoms with Crippen molar-refractivity contribution in [1.82, 2.24) is 9.99 Å². The van der Waals surface area contributed by atoms with Crippen LogP contribution in [0.5, 0.6) is 5.75 Å². The Hall–Kier alpha value is -3.08. The van der Waals surface area contributed by atoms with Gasteiger partial charge in [0, 0.05) is 24.1 Å². The van der Waals surface area contributed by atoms with E-state index in [2.05, 4.69) is 10.5 Å². The molecule has 0 atom stereocenters. The molecular formula is C18H17N3O2. The van der Waals surface area contributed by atoms with E-state index in [-0.39, 0.29) is 5.91 Å². The molecule has 2 aromatic carbocycles. The maximum atomic E-state index is 12.3. The van der Waals surface area contributed by atoms with E-state index in [1.807, 2.05) is 66.3 Å². The Morgan fingerprint density at radius 1 is 1.17 bits per heavy atom. The SMILES string of the molecule is COc1ccc(/C=N/NC(=O)c2cn(C)c3ccccc23)cc1. The third-order valence-electron chi connectivity index (χ3n) is 3.64. The van der Waals surface area contributed by atoms with Gasteiger partial charge in [-0.05, 0) is 35.9 Å².